The molecule has 0 spiro atoms. The minimum Gasteiger partial charge on any atom is -0.459 e. The number of carbonyl (C=O) groups is 2. The summed E-state index contributed by atoms with van der Waals surface area (Å²) in [5.74, 6) is 2.47. The van der Waals surface area contributed by atoms with Gasteiger partial charge in [-0.05, 0) is 37.1 Å². The summed E-state index contributed by atoms with van der Waals surface area (Å²) in [6.07, 6.45) is 4.15. The zero-order valence-electron chi connectivity index (χ0n) is 13.4. The summed E-state index contributed by atoms with van der Waals surface area (Å²) in [6, 6.07) is 3.90. The van der Waals surface area contributed by atoms with Crippen LogP contribution in [-0.4, -0.2) is 65.5 Å². The average Bonchev–Trinajstić information content (AvgIpc) is 3.27. The molecular formula is C16H23N3O3S. The van der Waals surface area contributed by atoms with Gasteiger partial charge in [-0.3, -0.25) is 4.79 Å². The number of urea groups is 1. The Labute approximate surface area is 140 Å². The monoisotopic (exact) mass is 337 g/mol. The Hall–Kier alpha value is -1.63. The Morgan fingerprint density at radius 2 is 2.13 bits per heavy atom. The first-order chi connectivity index (χ1) is 11.1. The molecule has 2 saturated heterocycles. The molecule has 1 atom stereocenters. The van der Waals surface area contributed by atoms with Crippen LogP contribution in [-0.2, 0) is 0 Å². The topological polar surface area (TPSA) is 65.8 Å². The summed E-state index contributed by atoms with van der Waals surface area (Å²) in [6.45, 7) is 1.29. The predicted molar refractivity (Wildman–Crippen MR) is 89.7 cm³/mol. The Kier molecular flexibility index (Phi) is 5.15. The Morgan fingerprint density at radius 1 is 1.35 bits per heavy atom. The highest BCUT2D eigenvalue weighted by Gasteiger charge is 2.28. The molecule has 1 aromatic rings. The molecule has 1 unspecified atom stereocenters. The zero-order valence-corrected chi connectivity index (χ0v) is 14.2. The fraction of sp³-hybridized carbons (Fsp3) is 0.625. The van der Waals surface area contributed by atoms with Gasteiger partial charge < -0.3 is 19.5 Å². The summed E-state index contributed by atoms with van der Waals surface area (Å²) < 4.78 is 5.16. The van der Waals surface area contributed by atoms with Crippen molar-refractivity contribution in [2.24, 2.45) is 0 Å². The summed E-state index contributed by atoms with van der Waals surface area (Å²) in [5.41, 5.74) is 0. The van der Waals surface area contributed by atoms with E-state index >= 15 is 0 Å². The third-order valence-electron chi connectivity index (χ3n) is 4.62. The van der Waals surface area contributed by atoms with E-state index in [-0.39, 0.29) is 18.0 Å². The van der Waals surface area contributed by atoms with Gasteiger partial charge >= 0.3 is 6.03 Å². The van der Waals surface area contributed by atoms with Crippen molar-refractivity contribution < 1.29 is 14.0 Å². The zero-order chi connectivity index (χ0) is 16.2. The van der Waals surface area contributed by atoms with Crippen molar-refractivity contribution in [3.63, 3.8) is 0 Å². The first-order valence-electron chi connectivity index (χ1n) is 8.09. The van der Waals surface area contributed by atoms with Crippen LogP contribution in [0.3, 0.4) is 0 Å². The molecule has 0 radical (unpaired) electrons. The fourth-order valence-electron chi connectivity index (χ4n) is 3.05. The van der Waals surface area contributed by atoms with E-state index < -0.39 is 0 Å². The van der Waals surface area contributed by atoms with Gasteiger partial charge in [0.15, 0.2) is 5.76 Å². The van der Waals surface area contributed by atoms with Gasteiger partial charge in [0.25, 0.3) is 5.91 Å². The van der Waals surface area contributed by atoms with Crippen molar-refractivity contribution in [1.29, 1.82) is 0 Å². The van der Waals surface area contributed by atoms with E-state index in [0.29, 0.717) is 24.9 Å². The molecule has 1 aromatic heterocycles. The summed E-state index contributed by atoms with van der Waals surface area (Å²) in [4.78, 5) is 28.1. The molecule has 0 saturated carbocycles. The second kappa shape index (κ2) is 7.29. The molecule has 23 heavy (non-hydrogen) atoms. The molecule has 3 rings (SSSR count). The number of rotatable bonds is 3. The van der Waals surface area contributed by atoms with Gasteiger partial charge in [-0.2, -0.15) is 11.8 Å². The number of amides is 3. The lowest BCUT2D eigenvalue weighted by molar-refractivity contribution is 0.0674. The quantitative estimate of drug-likeness (QED) is 0.916. The molecule has 2 aliphatic rings. The first kappa shape index (κ1) is 16.2. The number of nitrogens with one attached hydrogen (secondary N) is 1. The van der Waals surface area contributed by atoms with Crippen molar-refractivity contribution in [1.82, 2.24) is 15.1 Å². The second-order valence-corrected chi connectivity index (χ2v) is 7.27. The molecule has 2 fully saturated rings. The highest BCUT2D eigenvalue weighted by atomic mass is 32.2. The molecule has 2 aliphatic heterocycles. The maximum absolute atomic E-state index is 12.3. The number of hydrogen-bond acceptors (Lipinski definition) is 4. The van der Waals surface area contributed by atoms with Gasteiger partial charge in [-0.1, -0.05) is 0 Å². The number of hydrogen-bond donors (Lipinski definition) is 1. The fourth-order valence-corrected chi connectivity index (χ4v) is 4.32. The van der Waals surface area contributed by atoms with Crippen LogP contribution in [0.5, 0.6) is 0 Å². The van der Waals surface area contributed by atoms with E-state index in [1.807, 2.05) is 23.7 Å². The maximum Gasteiger partial charge on any atom is 0.317 e. The van der Waals surface area contributed by atoms with Crippen molar-refractivity contribution >= 4 is 23.7 Å². The standard InChI is InChI=1S/C16H23N3O3S/c1-18(13-6-10-23-11-13)16(21)17-12-4-7-19(8-5-12)15(20)14-3-2-9-22-14/h2-3,9,12-13H,4-8,10-11H2,1H3,(H,17,21). The van der Waals surface area contributed by atoms with Crippen LogP contribution in [0, 0.1) is 0 Å². The minimum absolute atomic E-state index is 0.00770. The van der Waals surface area contributed by atoms with Crippen molar-refractivity contribution in [3.8, 4) is 0 Å². The van der Waals surface area contributed by atoms with Crippen molar-refractivity contribution in [2.45, 2.75) is 31.3 Å². The third kappa shape index (κ3) is 3.83. The van der Waals surface area contributed by atoms with Crippen LogP contribution in [0.15, 0.2) is 22.8 Å². The molecule has 126 valence electrons. The van der Waals surface area contributed by atoms with E-state index in [9.17, 15) is 9.59 Å². The molecule has 0 aliphatic carbocycles. The predicted octanol–water partition coefficient (Wildman–Crippen LogP) is 2.03. The van der Waals surface area contributed by atoms with Crippen LogP contribution in [0.2, 0.25) is 0 Å². The van der Waals surface area contributed by atoms with E-state index in [0.717, 1.165) is 30.8 Å². The molecule has 3 heterocycles. The van der Waals surface area contributed by atoms with Crippen LogP contribution in [0.25, 0.3) is 0 Å². The lowest BCUT2D eigenvalue weighted by Crippen LogP contribution is -2.51. The van der Waals surface area contributed by atoms with Gasteiger partial charge in [-0.25, -0.2) is 4.79 Å². The lowest BCUT2D eigenvalue weighted by atomic mass is 10.0. The van der Waals surface area contributed by atoms with Gasteiger partial charge in [0.05, 0.1) is 6.26 Å². The Bertz CT molecular complexity index is 535. The van der Waals surface area contributed by atoms with Crippen LogP contribution < -0.4 is 5.32 Å². The van der Waals surface area contributed by atoms with Crippen LogP contribution >= 0.6 is 11.8 Å². The van der Waals surface area contributed by atoms with E-state index in [1.165, 1.54) is 6.26 Å². The largest absolute Gasteiger partial charge is 0.459 e. The highest BCUT2D eigenvalue weighted by Crippen LogP contribution is 2.21. The van der Waals surface area contributed by atoms with E-state index in [2.05, 4.69) is 5.32 Å². The SMILES string of the molecule is CN(C(=O)NC1CCN(C(=O)c2ccco2)CC1)C1CCSC1. The third-order valence-corrected chi connectivity index (χ3v) is 5.76. The molecule has 0 aromatic carbocycles. The number of carbonyl (C=O) groups excluding carboxylic acids is 2. The maximum atomic E-state index is 12.3. The average molecular weight is 337 g/mol. The van der Waals surface area contributed by atoms with Gasteiger partial charge in [0.1, 0.15) is 0 Å². The highest BCUT2D eigenvalue weighted by molar-refractivity contribution is 7.99. The summed E-state index contributed by atoms with van der Waals surface area (Å²) >= 11 is 1.90. The molecule has 3 amide bonds. The lowest BCUT2D eigenvalue weighted by Gasteiger charge is -2.33. The van der Waals surface area contributed by atoms with Crippen molar-refractivity contribution in [3.05, 3.63) is 24.2 Å². The number of furan rings is 1. The number of likely N-dealkylation sites (tertiary alicyclic amines) is 1. The normalized spacial score (nSPS) is 22.1. The Morgan fingerprint density at radius 3 is 2.74 bits per heavy atom. The van der Waals surface area contributed by atoms with Crippen molar-refractivity contribution in [2.75, 3.05) is 31.6 Å². The first-order valence-corrected chi connectivity index (χ1v) is 9.24. The van der Waals surface area contributed by atoms with Gasteiger partial charge in [0.2, 0.25) is 0 Å². The molecule has 7 heteroatoms. The van der Waals surface area contributed by atoms with Gasteiger partial charge in [-0.15, -0.1) is 0 Å². The summed E-state index contributed by atoms with van der Waals surface area (Å²) in [7, 11) is 1.88. The number of piperidine rings is 1. The second-order valence-electron chi connectivity index (χ2n) is 6.12. The summed E-state index contributed by atoms with van der Waals surface area (Å²) in [5, 5.41) is 3.11. The van der Waals surface area contributed by atoms with Crippen LogP contribution in [0.1, 0.15) is 29.8 Å². The van der Waals surface area contributed by atoms with E-state index in [1.54, 1.807) is 17.0 Å². The van der Waals surface area contributed by atoms with Gasteiger partial charge in [0, 0.05) is 38.0 Å². The number of thioether (sulfide) groups is 1. The van der Waals surface area contributed by atoms with Crippen LogP contribution in [0.4, 0.5) is 4.79 Å². The minimum atomic E-state index is -0.0696. The Balaban J connectivity index is 1.45. The molecule has 6 nitrogen and oxygen atoms in total. The molecular weight excluding hydrogens is 314 g/mol. The smallest absolute Gasteiger partial charge is 0.317 e. The van der Waals surface area contributed by atoms with E-state index in [4.69, 9.17) is 4.42 Å². The molecule has 1 N–H and O–H groups in total. The number of nitrogens with zero attached hydrogens (tertiary/aromatic N) is 2. The molecule has 0 bridgehead atoms.